The minimum Gasteiger partial charge on any atom is -0.308 e. The molecule has 0 spiro atoms. The third kappa shape index (κ3) is 3.56. The predicted octanol–water partition coefficient (Wildman–Crippen LogP) is 2.83. The molecule has 0 unspecified atom stereocenters. The van der Waals surface area contributed by atoms with Crippen LogP contribution in [-0.2, 0) is 6.54 Å². The van der Waals surface area contributed by atoms with Gasteiger partial charge in [-0.2, -0.15) is 0 Å². The molecule has 0 aromatic heterocycles. The molecular formula is C16H22N2. The van der Waals surface area contributed by atoms with Gasteiger partial charge in [-0.25, -0.2) is 0 Å². The summed E-state index contributed by atoms with van der Waals surface area (Å²) < 4.78 is 0. The van der Waals surface area contributed by atoms with E-state index in [1.807, 2.05) is 0 Å². The Hall–Kier alpha value is -1.38. The fourth-order valence-electron chi connectivity index (χ4n) is 2.10. The van der Waals surface area contributed by atoms with Crippen LogP contribution in [0.4, 0.5) is 0 Å². The van der Waals surface area contributed by atoms with Gasteiger partial charge in [0.15, 0.2) is 0 Å². The molecule has 96 valence electrons. The summed E-state index contributed by atoms with van der Waals surface area (Å²) >= 11 is 0. The van der Waals surface area contributed by atoms with E-state index in [0.29, 0.717) is 0 Å². The maximum absolute atomic E-state index is 2.37. The minimum atomic E-state index is 1.01. The van der Waals surface area contributed by atoms with Crippen molar-refractivity contribution in [3.8, 4) is 0 Å². The van der Waals surface area contributed by atoms with Crippen molar-refractivity contribution in [2.45, 2.75) is 6.54 Å². The molecular weight excluding hydrogens is 220 g/mol. The standard InChI is InChI=1S/C16H22N2/c1-17(2)10-11-18(3)13-14-8-9-15-6-4-5-7-16(15)12-14/h4-9,12H,10-11,13H2,1-3H3. The second kappa shape index (κ2) is 5.98. The highest BCUT2D eigenvalue weighted by atomic mass is 15.1. The first kappa shape index (κ1) is 13.1. The predicted molar refractivity (Wildman–Crippen MR) is 78.8 cm³/mol. The number of rotatable bonds is 5. The van der Waals surface area contributed by atoms with E-state index in [9.17, 15) is 0 Å². The van der Waals surface area contributed by atoms with Gasteiger partial charge in [-0.05, 0) is 43.5 Å². The summed E-state index contributed by atoms with van der Waals surface area (Å²) in [7, 11) is 6.41. The maximum atomic E-state index is 2.37. The third-order valence-electron chi connectivity index (χ3n) is 3.20. The van der Waals surface area contributed by atoms with Gasteiger partial charge < -0.3 is 9.80 Å². The average molecular weight is 242 g/mol. The summed E-state index contributed by atoms with van der Waals surface area (Å²) in [6.07, 6.45) is 0. The summed E-state index contributed by atoms with van der Waals surface area (Å²) in [6.45, 7) is 3.21. The number of likely N-dealkylation sites (N-methyl/N-ethyl adjacent to an activating group) is 2. The molecule has 0 heterocycles. The second-order valence-electron chi connectivity index (χ2n) is 5.22. The van der Waals surface area contributed by atoms with Crippen LogP contribution in [-0.4, -0.2) is 44.0 Å². The molecule has 0 radical (unpaired) electrons. The van der Waals surface area contributed by atoms with Crippen molar-refractivity contribution in [1.29, 1.82) is 0 Å². The van der Waals surface area contributed by atoms with Gasteiger partial charge in [0, 0.05) is 19.6 Å². The van der Waals surface area contributed by atoms with E-state index >= 15 is 0 Å². The van der Waals surface area contributed by atoms with E-state index in [2.05, 4.69) is 73.4 Å². The summed E-state index contributed by atoms with van der Waals surface area (Å²) in [5, 5.41) is 2.65. The molecule has 2 aromatic carbocycles. The lowest BCUT2D eigenvalue weighted by Gasteiger charge is -2.19. The van der Waals surface area contributed by atoms with Gasteiger partial charge in [0.05, 0.1) is 0 Å². The van der Waals surface area contributed by atoms with Crippen LogP contribution in [0, 0.1) is 0 Å². The third-order valence-corrected chi connectivity index (χ3v) is 3.20. The molecule has 2 aromatic rings. The zero-order valence-corrected chi connectivity index (χ0v) is 11.6. The summed E-state index contributed by atoms with van der Waals surface area (Å²) in [5.41, 5.74) is 1.38. The van der Waals surface area contributed by atoms with E-state index in [0.717, 1.165) is 19.6 Å². The van der Waals surface area contributed by atoms with Crippen molar-refractivity contribution in [3.63, 3.8) is 0 Å². The van der Waals surface area contributed by atoms with Crippen LogP contribution in [0.25, 0.3) is 10.8 Å². The van der Waals surface area contributed by atoms with Crippen LogP contribution >= 0.6 is 0 Å². The highest BCUT2D eigenvalue weighted by Gasteiger charge is 2.02. The normalized spacial score (nSPS) is 11.6. The molecule has 0 bridgehead atoms. The van der Waals surface area contributed by atoms with Crippen LogP contribution < -0.4 is 0 Å². The van der Waals surface area contributed by atoms with E-state index in [-0.39, 0.29) is 0 Å². The van der Waals surface area contributed by atoms with Crippen molar-refractivity contribution in [3.05, 3.63) is 48.0 Å². The van der Waals surface area contributed by atoms with E-state index < -0.39 is 0 Å². The van der Waals surface area contributed by atoms with Gasteiger partial charge in [-0.3, -0.25) is 0 Å². The molecule has 0 aliphatic carbocycles. The topological polar surface area (TPSA) is 6.48 Å². The highest BCUT2D eigenvalue weighted by molar-refractivity contribution is 5.82. The molecule has 18 heavy (non-hydrogen) atoms. The largest absolute Gasteiger partial charge is 0.308 e. The first-order chi connectivity index (χ1) is 8.65. The van der Waals surface area contributed by atoms with Crippen LogP contribution in [0.15, 0.2) is 42.5 Å². The summed E-state index contributed by atoms with van der Waals surface area (Å²) in [4.78, 5) is 4.58. The quantitative estimate of drug-likeness (QED) is 0.795. The molecule has 2 nitrogen and oxygen atoms in total. The zero-order chi connectivity index (χ0) is 13.0. The molecule has 0 N–H and O–H groups in total. The smallest absolute Gasteiger partial charge is 0.0231 e. The molecule has 0 atom stereocenters. The Balaban J connectivity index is 2.03. The molecule has 0 saturated carbocycles. The van der Waals surface area contributed by atoms with Gasteiger partial charge in [-0.15, -0.1) is 0 Å². The number of hydrogen-bond acceptors (Lipinski definition) is 2. The number of fused-ring (bicyclic) bond motifs is 1. The van der Waals surface area contributed by atoms with E-state index in [1.54, 1.807) is 0 Å². The lowest BCUT2D eigenvalue weighted by Crippen LogP contribution is -2.28. The molecule has 0 fully saturated rings. The lowest BCUT2D eigenvalue weighted by atomic mass is 10.1. The van der Waals surface area contributed by atoms with Gasteiger partial charge in [-0.1, -0.05) is 36.4 Å². The Bertz CT molecular complexity index is 505. The SMILES string of the molecule is CN(C)CCN(C)Cc1ccc2ccccc2c1. The molecule has 0 saturated heterocycles. The van der Waals surface area contributed by atoms with E-state index in [1.165, 1.54) is 16.3 Å². The monoisotopic (exact) mass is 242 g/mol. The average Bonchev–Trinajstić information content (AvgIpc) is 2.36. The fourth-order valence-corrected chi connectivity index (χ4v) is 2.10. The fraction of sp³-hybridized carbons (Fsp3) is 0.375. The first-order valence-electron chi connectivity index (χ1n) is 6.46. The minimum absolute atomic E-state index is 1.01. The highest BCUT2D eigenvalue weighted by Crippen LogP contribution is 2.16. The Morgan fingerprint density at radius 1 is 0.833 bits per heavy atom. The Morgan fingerprint density at radius 2 is 1.56 bits per heavy atom. The Kier molecular flexibility index (Phi) is 4.34. The van der Waals surface area contributed by atoms with Gasteiger partial charge in [0.25, 0.3) is 0 Å². The maximum Gasteiger partial charge on any atom is 0.0231 e. The van der Waals surface area contributed by atoms with Gasteiger partial charge in [0.1, 0.15) is 0 Å². The molecule has 0 aliphatic rings. The van der Waals surface area contributed by atoms with Crippen LogP contribution in [0.5, 0.6) is 0 Å². The summed E-state index contributed by atoms with van der Waals surface area (Å²) in [5.74, 6) is 0. The van der Waals surface area contributed by atoms with Crippen molar-refractivity contribution >= 4 is 10.8 Å². The number of hydrogen-bond donors (Lipinski definition) is 0. The van der Waals surface area contributed by atoms with Gasteiger partial charge >= 0.3 is 0 Å². The Labute approximate surface area is 110 Å². The van der Waals surface area contributed by atoms with Crippen LogP contribution in [0.2, 0.25) is 0 Å². The van der Waals surface area contributed by atoms with Crippen molar-refractivity contribution in [2.24, 2.45) is 0 Å². The zero-order valence-electron chi connectivity index (χ0n) is 11.6. The summed E-state index contributed by atoms with van der Waals surface area (Å²) in [6, 6.07) is 15.3. The van der Waals surface area contributed by atoms with Crippen molar-refractivity contribution in [1.82, 2.24) is 9.80 Å². The van der Waals surface area contributed by atoms with Crippen molar-refractivity contribution in [2.75, 3.05) is 34.2 Å². The number of benzene rings is 2. The second-order valence-corrected chi connectivity index (χ2v) is 5.22. The van der Waals surface area contributed by atoms with Gasteiger partial charge in [0.2, 0.25) is 0 Å². The van der Waals surface area contributed by atoms with E-state index in [4.69, 9.17) is 0 Å². The molecule has 0 aliphatic heterocycles. The molecule has 2 rings (SSSR count). The lowest BCUT2D eigenvalue weighted by molar-refractivity contribution is 0.276. The van der Waals surface area contributed by atoms with Crippen LogP contribution in [0.1, 0.15) is 5.56 Å². The van der Waals surface area contributed by atoms with Crippen molar-refractivity contribution < 1.29 is 0 Å². The molecule has 2 heteroatoms. The van der Waals surface area contributed by atoms with Crippen LogP contribution in [0.3, 0.4) is 0 Å². The first-order valence-corrected chi connectivity index (χ1v) is 6.46. The number of nitrogens with zero attached hydrogens (tertiary/aromatic N) is 2. The molecule has 0 amide bonds. The Morgan fingerprint density at radius 3 is 2.28 bits per heavy atom.